The lowest BCUT2D eigenvalue weighted by Crippen LogP contribution is -2.58. The van der Waals surface area contributed by atoms with Gasteiger partial charge in [0.05, 0.1) is 6.61 Å². The maximum Gasteiger partial charge on any atom is 0.220 e. The number of nitrogens with two attached hydrogens (primary N) is 2. The molecule has 0 atom stereocenters. The Morgan fingerprint density at radius 1 is 0.967 bits per heavy atom. The van der Waals surface area contributed by atoms with Crippen LogP contribution in [0.4, 0.5) is 5.69 Å². The Morgan fingerprint density at radius 3 is 2.37 bits per heavy atom. The molecule has 1 saturated carbocycles. The Kier molecular flexibility index (Phi) is 5.79. The minimum absolute atomic E-state index is 0.264. The average Bonchev–Trinajstić information content (AvgIpc) is 2.74. The van der Waals surface area contributed by atoms with Crippen LogP contribution in [0.15, 0.2) is 58.5 Å². The summed E-state index contributed by atoms with van der Waals surface area (Å²) in [5.74, 6) is 2.29. The van der Waals surface area contributed by atoms with Crippen molar-refractivity contribution < 1.29 is 9.47 Å². The molecule has 0 unspecified atom stereocenters. The third kappa shape index (κ3) is 4.20. The highest BCUT2D eigenvalue weighted by Crippen LogP contribution is 2.39. The zero-order valence-electron chi connectivity index (χ0n) is 17.4. The van der Waals surface area contributed by atoms with Crippen molar-refractivity contribution in [1.82, 2.24) is 0 Å². The van der Waals surface area contributed by atoms with E-state index in [-0.39, 0.29) is 5.96 Å². The molecule has 1 fully saturated rings. The number of anilines is 1. The minimum atomic E-state index is -0.442. The number of guanidine groups is 2. The highest BCUT2D eigenvalue weighted by molar-refractivity contribution is 6.05. The van der Waals surface area contributed by atoms with Gasteiger partial charge in [-0.15, -0.1) is 0 Å². The molecule has 7 nitrogen and oxygen atoms in total. The van der Waals surface area contributed by atoms with Crippen LogP contribution in [0.25, 0.3) is 0 Å². The minimum Gasteiger partial charge on any atom is -0.494 e. The summed E-state index contributed by atoms with van der Waals surface area (Å²) >= 11 is 0. The van der Waals surface area contributed by atoms with Gasteiger partial charge in [0, 0.05) is 5.69 Å². The molecule has 0 bridgehead atoms. The summed E-state index contributed by atoms with van der Waals surface area (Å²) in [6, 6.07) is 15.8. The normalized spacial score (nSPS) is 18.0. The summed E-state index contributed by atoms with van der Waals surface area (Å²) in [6.07, 6.45) is 5.23. The van der Waals surface area contributed by atoms with E-state index in [1.54, 1.807) is 0 Å². The van der Waals surface area contributed by atoms with Gasteiger partial charge in [0.1, 0.15) is 23.8 Å². The zero-order chi connectivity index (χ0) is 21.0. The van der Waals surface area contributed by atoms with Crippen LogP contribution in [0, 0.1) is 0 Å². The third-order valence-electron chi connectivity index (χ3n) is 5.56. The van der Waals surface area contributed by atoms with Crippen molar-refractivity contribution in [2.75, 3.05) is 11.5 Å². The van der Waals surface area contributed by atoms with E-state index in [1.165, 1.54) is 6.42 Å². The SMILES string of the molecule is CCOc1ccc(OCc2cccc(N3C(N)=NC(N)=NC34CCCCC4)c2)cc1. The van der Waals surface area contributed by atoms with E-state index in [4.69, 9.17) is 25.9 Å². The van der Waals surface area contributed by atoms with Gasteiger partial charge in [-0.3, -0.25) is 4.90 Å². The fraction of sp³-hybridized carbons (Fsp3) is 0.391. The fourth-order valence-electron chi connectivity index (χ4n) is 4.25. The van der Waals surface area contributed by atoms with E-state index in [1.807, 2.05) is 54.3 Å². The summed E-state index contributed by atoms with van der Waals surface area (Å²) in [7, 11) is 0. The molecule has 0 aromatic heterocycles. The van der Waals surface area contributed by atoms with Gasteiger partial charge in [0.25, 0.3) is 0 Å². The first-order chi connectivity index (χ1) is 14.6. The molecule has 1 heterocycles. The van der Waals surface area contributed by atoms with Gasteiger partial charge < -0.3 is 20.9 Å². The van der Waals surface area contributed by atoms with Crippen LogP contribution in [0.3, 0.4) is 0 Å². The molecule has 1 aliphatic carbocycles. The maximum atomic E-state index is 6.33. The number of hydrogen-bond donors (Lipinski definition) is 2. The first kappa shape index (κ1) is 20.1. The molecule has 4 rings (SSSR count). The van der Waals surface area contributed by atoms with E-state index >= 15 is 0 Å². The summed E-state index contributed by atoms with van der Waals surface area (Å²) in [6.45, 7) is 3.06. The van der Waals surface area contributed by atoms with E-state index in [9.17, 15) is 0 Å². The van der Waals surface area contributed by atoms with E-state index in [0.717, 1.165) is 48.4 Å². The number of ether oxygens (including phenoxy) is 2. The molecule has 2 aromatic carbocycles. The molecule has 0 saturated heterocycles. The Morgan fingerprint density at radius 2 is 1.67 bits per heavy atom. The molecule has 30 heavy (non-hydrogen) atoms. The number of benzene rings is 2. The Balaban J connectivity index is 1.52. The summed E-state index contributed by atoms with van der Waals surface area (Å²) in [5.41, 5.74) is 13.9. The van der Waals surface area contributed by atoms with Crippen molar-refractivity contribution in [1.29, 1.82) is 0 Å². The molecule has 0 radical (unpaired) electrons. The molecular formula is C23H29N5O2. The summed E-state index contributed by atoms with van der Waals surface area (Å²) in [5, 5.41) is 0. The fourth-order valence-corrected chi connectivity index (χ4v) is 4.25. The van der Waals surface area contributed by atoms with E-state index in [2.05, 4.69) is 11.1 Å². The van der Waals surface area contributed by atoms with Crippen molar-refractivity contribution in [3.8, 4) is 11.5 Å². The monoisotopic (exact) mass is 407 g/mol. The van der Waals surface area contributed by atoms with Crippen LogP contribution < -0.4 is 25.8 Å². The smallest absolute Gasteiger partial charge is 0.220 e. The van der Waals surface area contributed by atoms with E-state index in [0.29, 0.717) is 19.2 Å². The number of rotatable bonds is 6. The number of hydrogen-bond acceptors (Lipinski definition) is 7. The molecular weight excluding hydrogens is 378 g/mol. The molecule has 7 heteroatoms. The van der Waals surface area contributed by atoms with Crippen LogP contribution in [0.2, 0.25) is 0 Å². The van der Waals surface area contributed by atoms with Gasteiger partial charge in [-0.25, -0.2) is 4.99 Å². The first-order valence-electron chi connectivity index (χ1n) is 10.5. The second-order valence-corrected chi connectivity index (χ2v) is 7.68. The molecule has 2 aliphatic rings. The lowest BCUT2D eigenvalue weighted by Gasteiger charge is -2.45. The quantitative estimate of drug-likeness (QED) is 0.759. The van der Waals surface area contributed by atoms with Gasteiger partial charge in [-0.05, 0) is 74.6 Å². The molecule has 0 amide bonds. The lowest BCUT2D eigenvalue weighted by molar-refractivity contribution is 0.301. The first-order valence-corrected chi connectivity index (χ1v) is 10.5. The van der Waals surface area contributed by atoms with Crippen LogP contribution in [-0.4, -0.2) is 24.2 Å². The highest BCUT2D eigenvalue weighted by atomic mass is 16.5. The van der Waals surface area contributed by atoms with Crippen molar-refractivity contribution in [3.63, 3.8) is 0 Å². The van der Waals surface area contributed by atoms with Crippen LogP contribution in [-0.2, 0) is 6.61 Å². The Hall–Kier alpha value is -3.22. The van der Waals surface area contributed by atoms with Gasteiger partial charge in [0.2, 0.25) is 11.9 Å². The van der Waals surface area contributed by atoms with E-state index < -0.39 is 5.66 Å². The largest absolute Gasteiger partial charge is 0.494 e. The molecule has 1 spiro atoms. The predicted molar refractivity (Wildman–Crippen MR) is 120 cm³/mol. The van der Waals surface area contributed by atoms with Crippen molar-refractivity contribution in [2.45, 2.75) is 51.3 Å². The number of nitrogens with zero attached hydrogens (tertiary/aromatic N) is 3. The van der Waals surface area contributed by atoms with Crippen molar-refractivity contribution in [3.05, 3.63) is 54.1 Å². The Bertz CT molecular complexity index is 933. The molecule has 158 valence electrons. The second kappa shape index (κ2) is 8.65. The predicted octanol–water partition coefficient (Wildman–Crippen LogP) is 3.77. The highest BCUT2D eigenvalue weighted by Gasteiger charge is 2.42. The summed E-state index contributed by atoms with van der Waals surface area (Å²) in [4.78, 5) is 11.0. The van der Waals surface area contributed by atoms with Crippen molar-refractivity contribution >= 4 is 17.6 Å². The van der Waals surface area contributed by atoms with Gasteiger partial charge in [0.15, 0.2) is 0 Å². The average molecular weight is 408 g/mol. The summed E-state index contributed by atoms with van der Waals surface area (Å²) < 4.78 is 11.4. The van der Waals surface area contributed by atoms with Crippen molar-refractivity contribution in [2.24, 2.45) is 21.5 Å². The topological polar surface area (TPSA) is 98.5 Å². The van der Waals surface area contributed by atoms with Gasteiger partial charge in [-0.1, -0.05) is 18.6 Å². The molecule has 2 aromatic rings. The second-order valence-electron chi connectivity index (χ2n) is 7.68. The Labute approximate surface area is 177 Å². The third-order valence-corrected chi connectivity index (χ3v) is 5.56. The van der Waals surface area contributed by atoms with Crippen LogP contribution >= 0.6 is 0 Å². The molecule has 4 N–H and O–H groups in total. The molecule has 1 aliphatic heterocycles. The van der Waals surface area contributed by atoms with Crippen LogP contribution in [0.1, 0.15) is 44.6 Å². The lowest BCUT2D eigenvalue weighted by atomic mass is 9.87. The number of aliphatic imine (C=N–C) groups is 2. The maximum absolute atomic E-state index is 6.33. The van der Waals surface area contributed by atoms with Gasteiger partial charge >= 0.3 is 0 Å². The standard InChI is InChI=1S/C23H29N5O2/c1-2-29-19-9-11-20(12-10-19)30-16-17-7-6-8-18(15-17)28-22(25)26-21(24)27-23(28)13-4-3-5-14-23/h6-12,15H,2-5,13-14,16H2,1H3,(H4,24,25,26,27). The van der Waals surface area contributed by atoms with Gasteiger partial charge in [-0.2, -0.15) is 4.99 Å². The zero-order valence-corrected chi connectivity index (χ0v) is 17.4. The van der Waals surface area contributed by atoms with Crippen LogP contribution in [0.5, 0.6) is 11.5 Å².